The topological polar surface area (TPSA) is 42.5 Å². The third kappa shape index (κ3) is 4.48. The summed E-state index contributed by atoms with van der Waals surface area (Å²) < 4.78 is 8.92. The molecular weight excluding hydrogens is 707 g/mol. The van der Waals surface area contributed by atoms with Crippen LogP contribution in [-0.4, -0.2) is 10.5 Å². The van der Waals surface area contributed by atoms with E-state index in [1.807, 2.05) is 6.07 Å². The summed E-state index contributed by atoms with van der Waals surface area (Å²) in [6.45, 7) is 0. The van der Waals surface area contributed by atoms with Crippen molar-refractivity contribution in [2.24, 2.45) is 4.99 Å². The van der Waals surface area contributed by atoms with Gasteiger partial charge in [0.05, 0.1) is 22.8 Å². The number of hydrogen-bond acceptors (Lipinski definition) is 3. The maximum absolute atomic E-state index is 6.59. The first-order valence-corrected chi connectivity index (χ1v) is 19.9. The summed E-state index contributed by atoms with van der Waals surface area (Å²) in [5.41, 5.74) is 14.5. The van der Waals surface area contributed by atoms with Gasteiger partial charge in [-0.1, -0.05) is 152 Å². The average molecular weight is 740 g/mol. The van der Waals surface area contributed by atoms with Crippen molar-refractivity contribution in [2.75, 3.05) is 0 Å². The maximum atomic E-state index is 6.59. The van der Waals surface area contributed by atoms with Gasteiger partial charge in [-0.3, -0.25) is 4.57 Å². The largest absolute Gasteiger partial charge is 0.455 e. The molecule has 9 aromatic carbocycles. The minimum absolute atomic E-state index is 0.132. The van der Waals surface area contributed by atoms with Gasteiger partial charge in [0, 0.05) is 38.1 Å². The van der Waals surface area contributed by atoms with Gasteiger partial charge in [-0.25, -0.2) is 4.99 Å². The lowest BCUT2D eigenvalue weighted by Crippen LogP contribution is -2.38. The fraction of sp³-hybridized carbons (Fsp3) is 0.0185. The first-order valence-electron chi connectivity index (χ1n) is 19.9. The van der Waals surface area contributed by atoms with Gasteiger partial charge in [0.15, 0.2) is 0 Å². The number of hydrogen-bond donors (Lipinski definition) is 1. The Morgan fingerprint density at radius 3 is 2.03 bits per heavy atom. The zero-order valence-corrected chi connectivity index (χ0v) is 31.3. The smallest absolute Gasteiger partial charge is 0.209 e. The normalized spacial score (nSPS) is 14.9. The predicted molar refractivity (Wildman–Crippen MR) is 241 cm³/mol. The molecule has 1 N–H and O–H groups in total. The van der Waals surface area contributed by atoms with Gasteiger partial charge in [-0.05, 0) is 85.9 Å². The molecule has 58 heavy (non-hydrogen) atoms. The zero-order valence-electron chi connectivity index (χ0n) is 31.3. The second-order valence-electron chi connectivity index (χ2n) is 15.5. The molecule has 1 aliphatic heterocycles. The van der Waals surface area contributed by atoms with Crippen molar-refractivity contribution >= 4 is 82.5 Å². The Bertz CT molecular complexity index is 3600. The fourth-order valence-electron chi connectivity index (χ4n) is 9.72. The van der Waals surface area contributed by atoms with Crippen LogP contribution in [0.2, 0.25) is 0 Å². The van der Waals surface area contributed by atoms with Crippen molar-refractivity contribution in [3.63, 3.8) is 0 Å². The summed E-state index contributed by atoms with van der Waals surface area (Å²) in [5, 5.41) is 13.3. The van der Waals surface area contributed by atoms with Gasteiger partial charge in [0.25, 0.3) is 0 Å². The third-order valence-corrected chi connectivity index (χ3v) is 12.4. The maximum Gasteiger partial charge on any atom is 0.209 e. The highest BCUT2D eigenvalue weighted by Gasteiger charge is 2.36. The van der Waals surface area contributed by atoms with Gasteiger partial charge in [-0.15, -0.1) is 0 Å². The van der Waals surface area contributed by atoms with E-state index in [1.54, 1.807) is 0 Å². The number of aliphatic imine (C=N–C) groups is 1. The molecule has 13 rings (SSSR count). The molecule has 2 aromatic heterocycles. The molecule has 0 fully saturated rings. The molecule has 3 heterocycles. The van der Waals surface area contributed by atoms with Gasteiger partial charge in [0.2, 0.25) is 5.96 Å². The number of rotatable bonds is 2. The van der Waals surface area contributed by atoms with E-state index in [9.17, 15) is 0 Å². The fourth-order valence-corrected chi connectivity index (χ4v) is 9.72. The number of furan rings is 1. The minimum atomic E-state index is -0.132. The van der Waals surface area contributed by atoms with Crippen LogP contribution in [0.3, 0.4) is 0 Å². The third-order valence-electron chi connectivity index (χ3n) is 12.4. The van der Waals surface area contributed by atoms with E-state index < -0.39 is 0 Å². The summed E-state index contributed by atoms with van der Waals surface area (Å²) in [4.78, 5) is 5.70. The van der Waals surface area contributed by atoms with Crippen LogP contribution in [-0.2, 0) is 0 Å². The molecule has 0 saturated heterocycles. The predicted octanol–water partition coefficient (Wildman–Crippen LogP) is 13.8. The number of nitrogens with zero attached hydrogens (tertiary/aromatic N) is 2. The molecule has 0 radical (unpaired) electrons. The van der Waals surface area contributed by atoms with Crippen LogP contribution in [0.4, 0.5) is 0 Å². The summed E-state index contributed by atoms with van der Waals surface area (Å²) in [6.07, 6.45) is 0. The lowest BCUT2D eigenvalue weighted by atomic mass is 9.77. The van der Waals surface area contributed by atoms with Crippen LogP contribution in [0.5, 0.6) is 0 Å². The Hall–Kier alpha value is -7.69. The van der Waals surface area contributed by atoms with Crippen LogP contribution in [0.15, 0.2) is 197 Å². The summed E-state index contributed by atoms with van der Waals surface area (Å²) in [5.74, 6) is 0.791. The highest BCUT2D eigenvalue weighted by Crippen LogP contribution is 2.50. The Morgan fingerprint density at radius 2 is 1.14 bits per heavy atom. The minimum Gasteiger partial charge on any atom is -0.455 e. The van der Waals surface area contributed by atoms with E-state index >= 15 is 0 Å². The Labute approximate surface area is 333 Å². The van der Waals surface area contributed by atoms with Crippen LogP contribution >= 0.6 is 0 Å². The van der Waals surface area contributed by atoms with E-state index in [0.717, 1.165) is 61.0 Å². The molecule has 4 nitrogen and oxygen atoms in total. The Kier molecular flexibility index (Phi) is 6.47. The van der Waals surface area contributed by atoms with Crippen LogP contribution in [0.25, 0.3) is 98.8 Å². The summed E-state index contributed by atoms with van der Waals surface area (Å²) in [7, 11) is 0. The second-order valence-corrected chi connectivity index (χ2v) is 15.5. The second kappa shape index (κ2) is 11.9. The molecular formula is C54H33N3O. The number of para-hydroxylation sites is 2. The highest BCUT2D eigenvalue weighted by atomic mass is 16.3. The number of fused-ring (bicyclic) bond motifs is 15. The number of aromatic nitrogens is 1. The van der Waals surface area contributed by atoms with E-state index in [2.05, 4.69) is 192 Å². The molecule has 4 heteroatoms. The van der Waals surface area contributed by atoms with Crippen molar-refractivity contribution in [2.45, 2.75) is 6.04 Å². The van der Waals surface area contributed by atoms with Gasteiger partial charge >= 0.3 is 0 Å². The van der Waals surface area contributed by atoms with E-state index in [4.69, 9.17) is 9.41 Å². The average Bonchev–Trinajstić information content (AvgIpc) is 3.84. The lowest BCUT2D eigenvalue weighted by Gasteiger charge is -2.36. The monoisotopic (exact) mass is 739 g/mol. The number of nitrogens with one attached hydrogen (secondary N) is 1. The summed E-state index contributed by atoms with van der Waals surface area (Å²) in [6, 6.07) is 67.7. The quantitative estimate of drug-likeness (QED) is 0.192. The first kappa shape index (κ1) is 31.5. The van der Waals surface area contributed by atoms with Gasteiger partial charge in [0.1, 0.15) is 11.2 Å². The van der Waals surface area contributed by atoms with Crippen LogP contribution in [0.1, 0.15) is 22.7 Å². The molecule has 270 valence electrons. The molecule has 11 aromatic rings. The van der Waals surface area contributed by atoms with Crippen LogP contribution in [0, 0.1) is 0 Å². The van der Waals surface area contributed by atoms with Crippen molar-refractivity contribution in [3.05, 3.63) is 205 Å². The first-order chi connectivity index (χ1) is 28.7. The van der Waals surface area contributed by atoms with Crippen molar-refractivity contribution in [1.82, 2.24) is 9.88 Å². The van der Waals surface area contributed by atoms with Crippen LogP contribution < -0.4 is 5.32 Å². The molecule has 0 spiro atoms. The zero-order chi connectivity index (χ0) is 37.9. The standard InChI is InChI=1S/C54H33N3O/c1-2-12-35-29-36(26-23-32(35)11-1)33-21-24-34(25-22-33)51-50-42-17-5-3-13-38(42)39-14-4-6-18-43(39)52(50)56-54(55-51)57-47-19-9-7-15-40(47)46-30-37-27-28-44-41-16-8-10-20-49(41)58-53(44)45(37)31-48(46)57/h1-31,52H,(H,55,56). The van der Waals surface area contributed by atoms with E-state index in [0.29, 0.717) is 0 Å². The molecule has 1 atom stereocenters. The molecule has 0 bridgehead atoms. The van der Waals surface area contributed by atoms with Gasteiger partial charge < -0.3 is 9.73 Å². The molecule has 2 aliphatic rings. The van der Waals surface area contributed by atoms with Crippen molar-refractivity contribution in [3.8, 4) is 22.3 Å². The van der Waals surface area contributed by atoms with Gasteiger partial charge in [-0.2, -0.15) is 0 Å². The SMILES string of the molecule is c1ccc2c(c1)C1=C(c3ccc(-c4ccc5ccccc5c4)cc3)N=C(n3c4ccccc4c4cc5ccc6c7ccccc7oc6c5cc43)NC1c1ccccc1-2. The van der Waals surface area contributed by atoms with Crippen molar-refractivity contribution < 1.29 is 4.42 Å². The molecule has 1 aliphatic carbocycles. The van der Waals surface area contributed by atoms with E-state index in [1.165, 1.54) is 60.5 Å². The highest BCUT2D eigenvalue weighted by molar-refractivity contribution is 6.23. The lowest BCUT2D eigenvalue weighted by molar-refractivity contribution is 0.672. The molecule has 1 unspecified atom stereocenters. The number of benzene rings is 9. The Balaban J connectivity index is 1.07. The Morgan fingerprint density at radius 1 is 0.448 bits per heavy atom. The molecule has 0 saturated carbocycles. The van der Waals surface area contributed by atoms with Crippen molar-refractivity contribution in [1.29, 1.82) is 0 Å². The van der Waals surface area contributed by atoms with E-state index in [-0.39, 0.29) is 6.04 Å². The molecule has 0 amide bonds. The summed E-state index contributed by atoms with van der Waals surface area (Å²) >= 11 is 0.